The van der Waals surface area contributed by atoms with Crippen LogP contribution in [0.15, 0.2) is 18.2 Å². The standard InChI is InChI=1S/C15H20FNO2/c1-10(2)13-6-5-12(16)8-14(13)19-9-11-4-3-7-17-15(11)18/h5-6,8,10-11H,3-4,7,9H2,1-2H3,(H,17,18). The number of piperidine rings is 1. The largest absolute Gasteiger partial charge is 0.492 e. The fraction of sp³-hybridized carbons (Fsp3) is 0.533. The third-order valence-corrected chi connectivity index (χ3v) is 3.44. The Kier molecular flexibility index (Phi) is 4.40. The molecule has 1 aromatic rings. The predicted octanol–water partition coefficient (Wildman–Crippen LogP) is 2.85. The molecule has 104 valence electrons. The second kappa shape index (κ2) is 6.04. The van der Waals surface area contributed by atoms with E-state index in [1.807, 2.05) is 13.8 Å². The third kappa shape index (κ3) is 3.46. The van der Waals surface area contributed by atoms with Crippen molar-refractivity contribution in [3.8, 4) is 5.75 Å². The highest BCUT2D eigenvalue weighted by atomic mass is 19.1. The molecule has 1 aromatic carbocycles. The average Bonchev–Trinajstić information content (AvgIpc) is 2.37. The van der Waals surface area contributed by atoms with Gasteiger partial charge in [-0.3, -0.25) is 4.79 Å². The van der Waals surface area contributed by atoms with Crippen LogP contribution in [0.2, 0.25) is 0 Å². The molecular formula is C15H20FNO2. The van der Waals surface area contributed by atoms with E-state index in [1.54, 1.807) is 6.07 Å². The van der Waals surface area contributed by atoms with Crippen LogP contribution in [-0.2, 0) is 4.79 Å². The first-order valence-electron chi connectivity index (χ1n) is 6.78. The Morgan fingerprint density at radius 1 is 1.47 bits per heavy atom. The van der Waals surface area contributed by atoms with Crippen LogP contribution in [0.4, 0.5) is 4.39 Å². The van der Waals surface area contributed by atoms with Crippen molar-refractivity contribution in [1.82, 2.24) is 5.32 Å². The maximum absolute atomic E-state index is 13.3. The number of halogens is 1. The molecule has 1 saturated heterocycles. The third-order valence-electron chi connectivity index (χ3n) is 3.44. The van der Waals surface area contributed by atoms with E-state index in [0.29, 0.717) is 12.4 Å². The van der Waals surface area contributed by atoms with Crippen molar-refractivity contribution in [3.05, 3.63) is 29.6 Å². The molecule has 1 aliphatic heterocycles. The van der Waals surface area contributed by atoms with E-state index in [-0.39, 0.29) is 23.6 Å². The lowest BCUT2D eigenvalue weighted by Crippen LogP contribution is -2.39. The van der Waals surface area contributed by atoms with Crippen molar-refractivity contribution in [2.45, 2.75) is 32.6 Å². The molecular weight excluding hydrogens is 245 g/mol. The number of hydrogen-bond donors (Lipinski definition) is 1. The summed E-state index contributed by atoms with van der Waals surface area (Å²) in [6, 6.07) is 4.59. The molecule has 1 amide bonds. The fourth-order valence-corrected chi connectivity index (χ4v) is 2.30. The zero-order valence-electron chi connectivity index (χ0n) is 11.4. The zero-order chi connectivity index (χ0) is 13.8. The number of hydrogen-bond acceptors (Lipinski definition) is 2. The molecule has 0 aliphatic carbocycles. The van der Waals surface area contributed by atoms with Crippen LogP contribution in [0.3, 0.4) is 0 Å². The van der Waals surface area contributed by atoms with Crippen LogP contribution in [-0.4, -0.2) is 19.1 Å². The van der Waals surface area contributed by atoms with Gasteiger partial charge in [0.05, 0.1) is 12.5 Å². The number of nitrogens with one attached hydrogen (secondary N) is 1. The smallest absolute Gasteiger partial charge is 0.226 e. The molecule has 1 heterocycles. The molecule has 0 spiro atoms. The summed E-state index contributed by atoms with van der Waals surface area (Å²) in [6.07, 6.45) is 1.80. The fourth-order valence-electron chi connectivity index (χ4n) is 2.30. The van der Waals surface area contributed by atoms with E-state index in [2.05, 4.69) is 5.32 Å². The molecule has 4 heteroatoms. The normalized spacial score (nSPS) is 19.4. The lowest BCUT2D eigenvalue weighted by molar-refractivity contribution is -0.127. The first-order chi connectivity index (χ1) is 9.08. The Morgan fingerprint density at radius 3 is 2.95 bits per heavy atom. The van der Waals surface area contributed by atoms with Gasteiger partial charge in [-0.25, -0.2) is 4.39 Å². The molecule has 0 bridgehead atoms. The minimum Gasteiger partial charge on any atom is -0.492 e. The Bertz CT molecular complexity index is 459. The first-order valence-corrected chi connectivity index (χ1v) is 6.78. The topological polar surface area (TPSA) is 38.3 Å². The summed E-state index contributed by atoms with van der Waals surface area (Å²) in [4.78, 5) is 11.6. The van der Waals surface area contributed by atoms with Crippen molar-refractivity contribution < 1.29 is 13.9 Å². The molecule has 0 radical (unpaired) electrons. The summed E-state index contributed by atoms with van der Waals surface area (Å²) < 4.78 is 19.0. The van der Waals surface area contributed by atoms with Crippen molar-refractivity contribution in [3.63, 3.8) is 0 Å². The Hall–Kier alpha value is -1.58. The summed E-state index contributed by atoms with van der Waals surface area (Å²) in [5.41, 5.74) is 0.970. The Balaban J connectivity index is 2.05. The second-order valence-electron chi connectivity index (χ2n) is 5.28. The summed E-state index contributed by atoms with van der Waals surface area (Å²) >= 11 is 0. The van der Waals surface area contributed by atoms with Crippen molar-refractivity contribution in [2.75, 3.05) is 13.2 Å². The van der Waals surface area contributed by atoms with Gasteiger partial charge in [-0.2, -0.15) is 0 Å². The molecule has 19 heavy (non-hydrogen) atoms. The monoisotopic (exact) mass is 265 g/mol. The number of amides is 1. The van der Waals surface area contributed by atoms with Crippen LogP contribution in [0.1, 0.15) is 38.2 Å². The van der Waals surface area contributed by atoms with E-state index in [0.717, 1.165) is 24.9 Å². The van der Waals surface area contributed by atoms with Crippen LogP contribution >= 0.6 is 0 Å². The van der Waals surface area contributed by atoms with E-state index < -0.39 is 0 Å². The quantitative estimate of drug-likeness (QED) is 0.909. The number of benzene rings is 1. The van der Waals surface area contributed by atoms with E-state index in [1.165, 1.54) is 12.1 Å². The van der Waals surface area contributed by atoms with Crippen LogP contribution in [0.5, 0.6) is 5.75 Å². The number of rotatable bonds is 4. The molecule has 0 aromatic heterocycles. The zero-order valence-corrected chi connectivity index (χ0v) is 11.4. The first kappa shape index (κ1) is 13.8. The van der Waals surface area contributed by atoms with Gasteiger partial charge in [0.2, 0.25) is 5.91 Å². The molecule has 1 atom stereocenters. The maximum Gasteiger partial charge on any atom is 0.226 e. The van der Waals surface area contributed by atoms with Gasteiger partial charge in [-0.1, -0.05) is 19.9 Å². The summed E-state index contributed by atoms with van der Waals surface area (Å²) in [7, 11) is 0. The maximum atomic E-state index is 13.3. The highest BCUT2D eigenvalue weighted by Crippen LogP contribution is 2.28. The molecule has 1 unspecified atom stereocenters. The molecule has 0 saturated carbocycles. The molecule has 2 rings (SSSR count). The van der Waals surface area contributed by atoms with Gasteiger partial charge in [0, 0.05) is 12.6 Å². The average molecular weight is 265 g/mol. The van der Waals surface area contributed by atoms with Crippen LogP contribution < -0.4 is 10.1 Å². The summed E-state index contributed by atoms with van der Waals surface area (Å²) in [5.74, 6) is 0.405. The number of carbonyl (C=O) groups excluding carboxylic acids is 1. The lowest BCUT2D eigenvalue weighted by atomic mass is 9.99. The Labute approximate surface area is 113 Å². The van der Waals surface area contributed by atoms with Gasteiger partial charge in [-0.15, -0.1) is 0 Å². The molecule has 1 fully saturated rings. The minimum atomic E-state index is -0.313. The van der Waals surface area contributed by atoms with Gasteiger partial charge >= 0.3 is 0 Å². The molecule has 1 N–H and O–H groups in total. The van der Waals surface area contributed by atoms with Gasteiger partial charge in [0.25, 0.3) is 0 Å². The van der Waals surface area contributed by atoms with E-state index >= 15 is 0 Å². The SMILES string of the molecule is CC(C)c1ccc(F)cc1OCC1CCCNC1=O. The number of carbonyl (C=O) groups is 1. The van der Waals surface area contributed by atoms with Crippen molar-refractivity contribution in [1.29, 1.82) is 0 Å². The van der Waals surface area contributed by atoms with Gasteiger partial charge in [0.1, 0.15) is 11.6 Å². The molecule has 1 aliphatic rings. The lowest BCUT2D eigenvalue weighted by Gasteiger charge is -2.23. The van der Waals surface area contributed by atoms with E-state index in [4.69, 9.17) is 4.74 Å². The van der Waals surface area contributed by atoms with E-state index in [9.17, 15) is 9.18 Å². The second-order valence-corrected chi connectivity index (χ2v) is 5.28. The van der Waals surface area contributed by atoms with Crippen molar-refractivity contribution in [2.24, 2.45) is 5.92 Å². The van der Waals surface area contributed by atoms with Crippen molar-refractivity contribution >= 4 is 5.91 Å². The minimum absolute atomic E-state index is 0.0359. The van der Waals surface area contributed by atoms with Crippen LogP contribution in [0, 0.1) is 11.7 Å². The Morgan fingerprint density at radius 2 is 2.26 bits per heavy atom. The predicted molar refractivity (Wildman–Crippen MR) is 71.7 cm³/mol. The van der Waals surface area contributed by atoms with Gasteiger partial charge in [-0.05, 0) is 30.4 Å². The highest BCUT2D eigenvalue weighted by molar-refractivity contribution is 5.79. The summed E-state index contributed by atoms with van der Waals surface area (Å²) in [5, 5.41) is 2.82. The van der Waals surface area contributed by atoms with Gasteiger partial charge < -0.3 is 10.1 Å². The highest BCUT2D eigenvalue weighted by Gasteiger charge is 2.23. The summed E-state index contributed by atoms with van der Waals surface area (Å²) in [6.45, 7) is 5.13. The number of ether oxygens (including phenoxy) is 1. The molecule has 3 nitrogen and oxygen atoms in total. The van der Waals surface area contributed by atoms with Gasteiger partial charge in [0.15, 0.2) is 0 Å². The van der Waals surface area contributed by atoms with Crippen LogP contribution in [0.25, 0.3) is 0 Å².